The highest BCUT2D eigenvalue weighted by atomic mass is 15.1. The van der Waals surface area contributed by atoms with Crippen molar-refractivity contribution in [2.75, 3.05) is 18.5 Å². The van der Waals surface area contributed by atoms with Crippen LogP contribution in [-0.2, 0) is 0 Å². The van der Waals surface area contributed by atoms with Crippen LogP contribution in [0.1, 0.15) is 25.3 Å². The van der Waals surface area contributed by atoms with Crippen molar-refractivity contribution in [3.8, 4) is 6.07 Å². The molecule has 2 aromatic carbocycles. The molecule has 0 aliphatic carbocycles. The van der Waals surface area contributed by atoms with Crippen LogP contribution in [0.3, 0.4) is 0 Å². The molecule has 0 saturated carbocycles. The van der Waals surface area contributed by atoms with Crippen LogP contribution in [-0.4, -0.2) is 13.6 Å². The Labute approximate surface area is 108 Å². The molecular formula is C16H18N2. The van der Waals surface area contributed by atoms with Gasteiger partial charge in [-0.1, -0.05) is 37.6 Å². The molecular weight excluding hydrogens is 220 g/mol. The lowest BCUT2D eigenvalue weighted by Crippen LogP contribution is -2.18. The van der Waals surface area contributed by atoms with Crippen LogP contribution in [0.2, 0.25) is 0 Å². The number of hydrogen-bond donors (Lipinski definition) is 0. The number of fused-ring (bicyclic) bond motifs is 1. The van der Waals surface area contributed by atoms with Crippen molar-refractivity contribution in [2.24, 2.45) is 0 Å². The van der Waals surface area contributed by atoms with E-state index < -0.39 is 0 Å². The van der Waals surface area contributed by atoms with Gasteiger partial charge in [0.15, 0.2) is 0 Å². The van der Waals surface area contributed by atoms with Gasteiger partial charge in [0.2, 0.25) is 0 Å². The predicted octanol–water partition coefficient (Wildman–Crippen LogP) is 3.95. The zero-order valence-electron chi connectivity index (χ0n) is 11.0. The second-order valence-corrected chi connectivity index (χ2v) is 4.56. The van der Waals surface area contributed by atoms with E-state index in [-0.39, 0.29) is 0 Å². The summed E-state index contributed by atoms with van der Waals surface area (Å²) >= 11 is 0. The van der Waals surface area contributed by atoms with E-state index in [1.165, 1.54) is 18.5 Å². The van der Waals surface area contributed by atoms with E-state index in [9.17, 15) is 0 Å². The Bertz CT molecular complexity index is 581. The third-order valence-electron chi connectivity index (χ3n) is 3.28. The molecule has 0 radical (unpaired) electrons. The Hall–Kier alpha value is -2.01. The molecule has 2 aromatic rings. The number of unbranched alkanes of at least 4 members (excludes halogenated alkanes) is 1. The van der Waals surface area contributed by atoms with Crippen LogP contribution < -0.4 is 4.90 Å². The van der Waals surface area contributed by atoms with Gasteiger partial charge in [-0.15, -0.1) is 0 Å². The highest BCUT2D eigenvalue weighted by molar-refractivity contribution is 5.97. The van der Waals surface area contributed by atoms with Crippen molar-refractivity contribution >= 4 is 16.5 Å². The van der Waals surface area contributed by atoms with Crippen LogP contribution in [0.25, 0.3) is 10.8 Å². The fourth-order valence-electron chi connectivity index (χ4n) is 2.23. The average molecular weight is 238 g/mol. The fraction of sp³-hybridized carbons (Fsp3) is 0.312. The molecule has 0 bridgehead atoms. The Kier molecular flexibility index (Phi) is 3.84. The van der Waals surface area contributed by atoms with Gasteiger partial charge in [-0.05, 0) is 18.6 Å². The molecule has 92 valence electrons. The summed E-state index contributed by atoms with van der Waals surface area (Å²) in [5, 5.41) is 11.3. The lowest BCUT2D eigenvalue weighted by atomic mass is 10.0. The summed E-state index contributed by atoms with van der Waals surface area (Å²) in [6.07, 6.45) is 2.38. The van der Waals surface area contributed by atoms with Crippen molar-refractivity contribution in [2.45, 2.75) is 19.8 Å². The molecule has 0 aliphatic heterocycles. The van der Waals surface area contributed by atoms with Crippen molar-refractivity contribution in [1.82, 2.24) is 0 Å². The number of rotatable bonds is 4. The summed E-state index contributed by atoms with van der Waals surface area (Å²) in [6.45, 7) is 3.25. The minimum Gasteiger partial charge on any atom is -0.374 e. The molecule has 0 amide bonds. The highest BCUT2D eigenvalue weighted by Crippen LogP contribution is 2.28. The number of anilines is 1. The first-order valence-electron chi connectivity index (χ1n) is 6.41. The van der Waals surface area contributed by atoms with E-state index in [0.717, 1.165) is 22.9 Å². The predicted molar refractivity (Wildman–Crippen MR) is 76.8 cm³/mol. The van der Waals surface area contributed by atoms with E-state index in [0.29, 0.717) is 0 Å². The molecule has 0 unspecified atom stereocenters. The SMILES string of the molecule is CCCCN(C)c1ccc(C#N)c2ccccc12. The molecule has 2 heteroatoms. The van der Waals surface area contributed by atoms with Crippen molar-refractivity contribution in [3.63, 3.8) is 0 Å². The molecule has 0 fully saturated rings. The van der Waals surface area contributed by atoms with Gasteiger partial charge < -0.3 is 4.90 Å². The maximum Gasteiger partial charge on any atom is 0.0998 e. The molecule has 0 heterocycles. The standard InChI is InChI=1S/C16H18N2/c1-3-4-11-18(2)16-10-9-13(12-17)14-7-5-6-8-15(14)16/h5-10H,3-4,11H2,1-2H3. The maximum absolute atomic E-state index is 9.14. The normalized spacial score (nSPS) is 10.3. The first-order chi connectivity index (χ1) is 8.77. The van der Waals surface area contributed by atoms with E-state index in [4.69, 9.17) is 5.26 Å². The molecule has 0 aromatic heterocycles. The Morgan fingerprint density at radius 1 is 1.11 bits per heavy atom. The van der Waals surface area contributed by atoms with Crippen LogP contribution in [0, 0.1) is 11.3 Å². The number of hydrogen-bond acceptors (Lipinski definition) is 2. The smallest absolute Gasteiger partial charge is 0.0998 e. The van der Waals surface area contributed by atoms with E-state index >= 15 is 0 Å². The van der Waals surface area contributed by atoms with E-state index in [1.807, 2.05) is 24.3 Å². The Morgan fingerprint density at radius 2 is 1.83 bits per heavy atom. The van der Waals surface area contributed by atoms with Gasteiger partial charge in [0.05, 0.1) is 11.6 Å². The molecule has 0 saturated heterocycles. The third-order valence-corrected chi connectivity index (χ3v) is 3.28. The van der Waals surface area contributed by atoms with Gasteiger partial charge in [0, 0.05) is 30.1 Å². The van der Waals surface area contributed by atoms with Gasteiger partial charge in [0.1, 0.15) is 0 Å². The summed E-state index contributed by atoms with van der Waals surface area (Å²) in [5.41, 5.74) is 1.95. The minimum absolute atomic E-state index is 0.748. The number of nitrogens with zero attached hydrogens (tertiary/aromatic N) is 2. The molecule has 0 N–H and O–H groups in total. The summed E-state index contributed by atoms with van der Waals surface area (Å²) in [6, 6.07) is 14.4. The van der Waals surface area contributed by atoms with Crippen molar-refractivity contribution in [1.29, 1.82) is 5.26 Å². The topological polar surface area (TPSA) is 27.0 Å². The van der Waals surface area contributed by atoms with Gasteiger partial charge in [-0.25, -0.2) is 0 Å². The van der Waals surface area contributed by atoms with E-state index in [2.05, 4.69) is 37.1 Å². The molecule has 0 spiro atoms. The Balaban J connectivity index is 2.50. The summed E-state index contributed by atoms with van der Waals surface area (Å²) in [5.74, 6) is 0. The molecule has 0 aliphatic rings. The van der Waals surface area contributed by atoms with Gasteiger partial charge in [-0.3, -0.25) is 0 Å². The zero-order chi connectivity index (χ0) is 13.0. The lowest BCUT2D eigenvalue weighted by Gasteiger charge is -2.21. The van der Waals surface area contributed by atoms with Crippen LogP contribution in [0.5, 0.6) is 0 Å². The number of nitriles is 1. The fourth-order valence-corrected chi connectivity index (χ4v) is 2.23. The summed E-state index contributed by atoms with van der Waals surface area (Å²) in [7, 11) is 2.11. The largest absolute Gasteiger partial charge is 0.374 e. The molecule has 0 atom stereocenters. The van der Waals surface area contributed by atoms with Gasteiger partial charge in [0.25, 0.3) is 0 Å². The average Bonchev–Trinajstić information content (AvgIpc) is 2.43. The highest BCUT2D eigenvalue weighted by Gasteiger charge is 2.08. The summed E-state index contributed by atoms with van der Waals surface area (Å²) < 4.78 is 0. The first kappa shape index (κ1) is 12.4. The molecule has 2 nitrogen and oxygen atoms in total. The van der Waals surface area contributed by atoms with Gasteiger partial charge >= 0.3 is 0 Å². The maximum atomic E-state index is 9.14. The Morgan fingerprint density at radius 3 is 2.50 bits per heavy atom. The lowest BCUT2D eigenvalue weighted by molar-refractivity contribution is 0.768. The van der Waals surface area contributed by atoms with Crippen molar-refractivity contribution < 1.29 is 0 Å². The molecule has 18 heavy (non-hydrogen) atoms. The minimum atomic E-state index is 0.748. The third kappa shape index (κ3) is 2.31. The second-order valence-electron chi connectivity index (χ2n) is 4.56. The van der Waals surface area contributed by atoms with Gasteiger partial charge in [-0.2, -0.15) is 5.26 Å². The first-order valence-corrected chi connectivity index (χ1v) is 6.41. The van der Waals surface area contributed by atoms with Crippen LogP contribution in [0.4, 0.5) is 5.69 Å². The molecule has 2 rings (SSSR count). The van der Waals surface area contributed by atoms with Crippen LogP contribution in [0.15, 0.2) is 36.4 Å². The second kappa shape index (κ2) is 5.55. The van der Waals surface area contributed by atoms with E-state index in [1.54, 1.807) is 0 Å². The zero-order valence-corrected chi connectivity index (χ0v) is 11.0. The van der Waals surface area contributed by atoms with Crippen LogP contribution >= 0.6 is 0 Å². The summed E-state index contributed by atoms with van der Waals surface area (Å²) in [4.78, 5) is 2.27. The monoisotopic (exact) mass is 238 g/mol. The number of benzene rings is 2. The van der Waals surface area contributed by atoms with Crippen molar-refractivity contribution in [3.05, 3.63) is 42.0 Å². The quantitative estimate of drug-likeness (QED) is 0.806.